The zero-order chi connectivity index (χ0) is 42.6. The van der Waals surface area contributed by atoms with Crippen molar-refractivity contribution in [2.75, 3.05) is 18.1 Å². The molecule has 0 aliphatic heterocycles. The minimum absolute atomic E-state index is 0.801. The maximum atomic E-state index is 6.98. The van der Waals surface area contributed by atoms with Crippen LogP contribution in [-0.4, -0.2) is 14.9 Å². The van der Waals surface area contributed by atoms with Crippen LogP contribution in [0.1, 0.15) is 63.4 Å². The molecule has 7 aromatic rings. The van der Waals surface area contributed by atoms with Crippen molar-refractivity contribution in [1.82, 2.24) is 0 Å². The number of hydrogen-bond acceptors (Lipinski definition) is 2. The molecule has 0 heterocycles. The fourth-order valence-corrected chi connectivity index (χ4v) is 9.38. The lowest BCUT2D eigenvalue weighted by Crippen LogP contribution is -2.09. The highest BCUT2D eigenvalue weighted by atomic mass is 14.8. The fourth-order valence-electron chi connectivity index (χ4n) is 9.38. The van der Waals surface area contributed by atoms with Crippen LogP contribution in [0.5, 0.6) is 0 Å². The summed E-state index contributed by atoms with van der Waals surface area (Å²) >= 11 is 0. The second-order valence-electron chi connectivity index (χ2n) is 16.6. The number of rotatable bonds is 10. The summed E-state index contributed by atoms with van der Waals surface area (Å²) in [6.45, 7) is 11.1. The second kappa shape index (κ2) is 17.8. The lowest BCUT2D eigenvalue weighted by atomic mass is 9.81. The van der Waals surface area contributed by atoms with Gasteiger partial charge in [-0.3, -0.25) is 0 Å². The van der Waals surface area contributed by atoms with Crippen molar-refractivity contribution < 1.29 is 0 Å². The zero-order valence-corrected chi connectivity index (χ0v) is 36.7. The Labute approximate surface area is 364 Å². The molecule has 7 aromatic carbocycles. The van der Waals surface area contributed by atoms with Crippen LogP contribution in [-0.2, 0) is 6.42 Å². The third-order valence-corrected chi connectivity index (χ3v) is 12.3. The highest BCUT2D eigenvalue weighted by Crippen LogP contribution is 2.42. The summed E-state index contributed by atoms with van der Waals surface area (Å²) in [6.07, 6.45) is 15.4. The summed E-state index contributed by atoms with van der Waals surface area (Å²) in [5, 5.41) is 3.54. The lowest BCUT2D eigenvalue weighted by Gasteiger charge is -2.22. The Morgan fingerprint density at radius 1 is 0.656 bits per heavy atom. The molecule has 0 amide bonds. The zero-order valence-electron chi connectivity index (χ0n) is 36.7. The second-order valence-corrected chi connectivity index (χ2v) is 16.6. The Bertz CT molecular complexity index is 2870. The van der Waals surface area contributed by atoms with E-state index in [2.05, 4.69) is 218 Å². The molecule has 0 bridgehead atoms. The molecule has 3 heteroatoms. The van der Waals surface area contributed by atoms with Gasteiger partial charge in [-0.05, 0) is 167 Å². The maximum absolute atomic E-state index is 6.98. The van der Waals surface area contributed by atoms with Crippen LogP contribution in [0.3, 0.4) is 0 Å². The molecule has 2 nitrogen and oxygen atoms in total. The minimum Gasteiger partial charge on any atom is -0.398 e. The van der Waals surface area contributed by atoms with Crippen molar-refractivity contribution in [3.05, 3.63) is 208 Å². The van der Waals surface area contributed by atoms with Crippen LogP contribution in [0.4, 0.5) is 11.4 Å². The van der Waals surface area contributed by atoms with Crippen molar-refractivity contribution in [2.24, 2.45) is 0 Å². The molecule has 3 N–H and O–H groups in total. The van der Waals surface area contributed by atoms with Crippen molar-refractivity contribution in [2.45, 2.75) is 47.5 Å². The number of allylic oxidation sites excluding steroid dienone is 6. The predicted molar refractivity (Wildman–Crippen MR) is 270 cm³/mol. The first-order chi connectivity index (χ1) is 29.6. The Morgan fingerprint density at radius 2 is 1.33 bits per heavy atom. The average molecular weight is 791 g/mol. The van der Waals surface area contributed by atoms with Gasteiger partial charge in [-0.15, -0.1) is 0 Å². The number of nitrogen functional groups attached to an aromatic ring is 1. The molecule has 8 rings (SSSR count). The molecule has 300 valence electrons. The molecule has 0 fully saturated rings. The van der Waals surface area contributed by atoms with Gasteiger partial charge in [0, 0.05) is 29.5 Å². The topological polar surface area (TPSA) is 38.0 Å². The van der Waals surface area contributed by atoms with Gasteiger partial charge in [-0.1, -0.05) is 151 Å². The molecule has 0 aromatic heterocycles. The van der Waals surface area contributed by atoms with Gasteiger partial charge in [0.15, 0.2) is 0 Å². The van der Waals surface area contributed by atoms with Gasteiger partial charge >= 0.3 is 0 Å². The largest absolute Gasteiger partial charge is 0.398 e. The van der Waals surface area contributed by atoms with Gasteiger partial charge in [0.25, 0.3) is 0 Å². The van der Waals surface area contributed by atoms with Gasteiger partial charge in [0.2, 0.25) is 0 Å². The first-order valence-corrected chi connectivity index (χ1v) is 21.5. The molecule has 1 aliphatic carbocycles. The Morgan fingerprint density at radius 3 is 2.03 bits per heavy atom. The van der Waals surface area contributed by atoms with Crippen LogP contribution in [0.15, 0.2) is 158 Å². The van der Waals surface area contributed by atoms with Crippen LogP contribution in [0.2, 0.25) is 0 Å². The van der Waals surface area contributed by atoms with Crippen molar-refractivity contribution in [3.63, 3.8) is 0 Å². The van der Waals surface area contributed by atoms with Gasteiger partial charge in [-0.2, -0.15) is 0 Å². The molecular formula is C58H55BN2. The van der Waals surface area contributed by atoms with E-state index in [0.717, 1.165) is 35.4 Å². The molecule has 0 spiro atoms. The van der Waals surface area contributed by atoms with Crippen LogP contribution in [0.25, 0.3) is 67.8 Å². The number of hydrogen-bond donors (Lipinski definition) is 2. The van der Waals surface area contributed by atoms with Gasteiger partial charge in [-0.25, -0.2) is 0 Å². The standard InChI is InChI=1S/C58H55BN2/c1-37-30-38(2)56(39(3)31-37)53-34-47(54(59)36-52(53)46-25-17-24-45(33-46)42-18-9-7-10-19-42)23-14-15-26-49(57-50-27-16-13-22-44(50)28-29-55(57)60)41(5)51-35-48(32-40(4)58(51)61-6)43-20-11-8-12-21-43/h7-15,17-26,28-36,61H,16,27,59-60H2,1-6H3/b23-14+,26-15-,49-41-. The SMILES string of the molecule is Bc1cc(-c2cccc(-c3ccccc3)c2)c(-c2c(C)cc(C)cc2C)cc1/C=C/C=C\C(=C(/C)c1cc(-c2ccccc2)cc(C)c1NC)c1c(N)ccc2c1CCC=C2. The lowest BCUT2D eigenvalue weighted by molar-refractivity contribution is 0.981. The Hall–Kier alpha value is -6.84. The molecule has 0 unspecified atom stereocenters. The van der Waals surface area contributed by atoms with E-state index < -0.39 is 0 Å². The van der Waals surface area contributed by atoms with Gasteiger partial charge in [0.1, 0.15) is 7.85 Å². The highest BCUT2D eigenvalue weighted by molar-refractivity contribution is 6.35. The first kappa shape index (κ1) is 40.9. The number of anilines is 2. The van der Waals surface area contributed by atoms with E-state index in [4.69, 9.17) is 5.73 Å². The van der Waals surface area contributed by atoms with E-state index in [1.165, 1.54) is 100 Å². The van der Waals surface area contributed by atoms with E-state index in [0.29, 0.717) is 0 Å². The summed E-state index contributed by atoms with van der Waals surface area (Å²) in [6, 6.07) is 48.5. The highest BCUT2D eigenvalue weighted by Gasteiger charge is 2.20. The van der Waals surface area contributed by atoms with E-state index in [1.54, 1.807) is 0 Å². The number of benzene rings is 7. The maximum Gasteiger partial charge on any atom is 0.140 e. The number of nitrogens with two attached hydrogens (primary N) is 1. The molecule has 0 atom stereocenters. The van der Waals surface area contributed by atoms with E-state index in [9.17, 15) is 0 Å². The Kier molecular flexibility index (Phi) is 11.9. The third-order valence-electron chi connectivity index (χ3n) is 12.3. The van der Waals surface area contributed by atoms with Crippen LogP contribution < -0.4 is 16.5 Å². The van der Waals surface area contributed by atoms with E-state index in [-0.39, 0.29) is 0 Å². The molecular weight excluding hydrogens is 735 g/mol. The fraction of sp³-hybridized carbons (Fsp3) is 0.138. The number of fused-ring (bicyclic) bond motifs is 1. The average Bonchev–Trinajstić information content (AvgIpc) is 3.27. The van der Waals surface area contributed by atoms with Gasteiger partial charge in [0.05, 0.1) is 0 Å². The molecule has 0 saturated heterocycles. The summed E-state index contributed by atoms with van der Waals surface area (Å²) in [5.74, 6) is 0. The molecule has 0 radical (unpaired) electrons. The molecule has 1 aliphatic rings. The van der Waals surface area contributed by atoms with Crippen molar-refractivity contribution >= 4 is 48.0 Å². The summed E-state index contributed by atoms with van der Waals surface area (Å²) in [7, 11) is 4.25. The Balaban J connectivity index is 1.26. The summed E-state index contributed by atoms with van der Waals surface area (Å²) in [4.78, 5) is 0. The van der Waals surface area contributed by atoms with Gasteiger partial charge < -0.3 is 11.1 Å². The van der Waals surface area contributed by atoms with Crippen LogP contribution >= 0.6 is 0 Å². The quantitative estimate of drug-likeness (QED) is 0.0627. The number of aryl methyl sites for hydroxylation is 4. The summed E-state index contributed by atoms with van der Waals surface area (Å²) < 4.78 is 0. The van der Waals surface area contributed by atoms with Crippen molar-refractivity contribution in [3.8, 4) is 44.5 Å². The van der Waals surface area contributed by atoms with E-state index in [1.807, 2.05) is 7.05 Å². The minimum atomic E-state index is 0.801. The first-order valence-electron chi connectivity index (χ1n) is 21.5. The van der Waals surface area contributed by atoms with Crippen LogP contribution in [0, 0.1) is 27.7 Å². The number of nitrogens with one attached hydrogen (secondary N) is 1. The molecule has 61 heavy (non-hydrogen) atoms. The molecule has 0 saturated carbocycles. The summed E-state index contributed by atoms with van der Waals surface area (Å²) in [5.41, 5.74) is 33.4. The third kappa shape index (κ3) is 8.47. The normalized spacial score (nSPS) is 12.8. The predicted octanol–water partition coefficient (Wildman–Crippen LogP) is 13.6. The van der Waals surface area contributed by atoms with Crippen molar-refractivity contribution in [1.29, 1.82) is 0 Å². The monoisotopic (exact) mass is 790 g/mol. The smallest absolute Gasteiger partial charge is 0.140 e. The van der Waals surface area contributed by atoms with E-state index >= 15 is 0 Å².